The third-order valence-electron chi connectivity index (χ3n) is 2.83. The van der Waals surface area contributed by atoms with Crippen molar-refractivity contribution in [2.45, 2.75) is 38.3 Å². The Morgan fingerprint density at radius 2 is 1.89 bits per heavy atom. The van der Waals surface area contributed by atoms with Gasteiger partial charge >= 0.3 is 5.97 Å². The van der Waals surface area contributed by atoms with E-state index in [0.29, 0.717) is 0 Å². The third-order valence-corrected chi connectivity index (χ3v) is 2.83. The second kappa shape index (κ2) is 4.22. The first kappa shape index (κ1) is 13.3. The molecule has 0 bridgehead atoms. The number of ether oxygens (including phenoxy) is 1. The number of amides is 2. The average molecular weight is 264 g/mol. The van der Waals surface area contributed by atoms with Crippen molar-refractivity contribution in [2.24, 2.45) is 0 Å². The summed E-state index contributed by atoms with van der Waals surface area (Å²) in [5, 5.41) is 2.16. The zero-order valence-electron chi connectivity index (χ0n) is 11.1. The van der Waals surface area contributed by atoms with Crippen molar-refractivity contribution in [1.29, 1.82) is 0 Å². The van der Waals surface area contributed by atoms with E-state index >= 15 is 0 Å². The normalized spacial score (nSPS) is 23.3. The number of hydrogen-bond donors (Lipinski definition) is 1. The number of imide groups is 1. The fourth-order valence-electron chi connectivity index (χ4n) is 2.02. The lowest BCUT2D eigenvalue weighted by atomic mass is 9.96. The number of carbonyl (C=O) groups is 3. The molecule has 0 saturated carbocycles. The van der Waals surface area contributed by atoms with E-state index in [1.54, 1.807) is 45.3 Å². The molecule has 0 aromatic carbocycles. The molecule has 0 spiro atoms. The first-order chi connectivity index (χ1) is 8.75. The van der Waals surface area contributed by atoms with Crippen molar-refractivity contribution in [3.63, 3.8) is 0 Å². The van der Waals surface area contributed by atoms with Gasteiger partial charge < -0.3 is 9.30 Å². The summed E-state index contributed by atoms with van der Waals surface area (Å²) in [6.07, 6.45) is 2.90. The summed E-state index contributed by atoms with van der Waals surface area (Å²) in [7, 11) is 0. The largest absolute Gasteiger partial charge is 0.458 e. The summed E-state index contributed by atoms with van der Waals surface area (Å²) in [5.74, 6) is -1.85. The highest BCUT2D eigenvalue weighted by atomic mass is 16.6. The van der Waals surface area contributed by atoms with Crippen LogP contribution in [0.4, 0.5) is 0 Å². The molecule has 0 aliphatic carbocycles. The molecule has 1 aromatic heterocycles. The highest BCUT2D eigenvalue weighted by Crippen LogP contribution is 2.30. The minimum absolute atomic E-state index is 0.241. The van der Waals surface area contributed by atoms with E-state index in [1.165, 1.54) is 4.57 Å². The zero-order chi connectivity index (χ0) is 14.3. The number of rotatable bonds is 2. The fraction of sp³-hybridized carbons (Fsp3) is 0.462. The van der Waals surface area contributed by atoms with Crippen molar-refractivity contribution >= 4 is 17.8 Å². The number of nitrogens with one attached hydrogen (secondary N) is 1. The Balaban J connectivity index is 2.45. The molecular formula is C13H16N2O4. The summed E-state index contributed by atoms with van der Waals surface area (Å²) in [6, 6.07) is 3.37. The van der Waals surface area contributed by atoms with Crippen molar-refractivity contribution in [3.05, 3.63) is 24.5 Å². The fourth-order valence-corrected chi connectivity index (χ4v) is 2.02. The van der Waals surface area contributed by atoms with Crippen LogP contribution in [0, 0.1) is 0 Å². The number of hydrogen-bond acceptors (Lipinski definition) is 4. The summed E-state index contributed by atoms with van der Waals surface area (Å²) in [4.78, 5) is 35.9. The lowest BCUT2D eigenvalue weighted by Gasteiger charge is -2.29. The van der Waals surface area contributed by atoms with Crippen LogP contribution in [0.15, 0.2) is 24.5 Å². The van der Waals surface area contributed by atoms with Crippen molar-refractivity contribution in [3.8, 4) is 0 Å². The van der Waals surface area contributed by atoms with E-state index < -0.39 is 28.9 Å². The quantitative estimate of drug-likeness (QED) is 0.481. The predicted octanol–water partition coefficient (Wildman–Crippen LogP) is 0.572. The molecule has 1 N–H and O–H groups in total. The molecular weight excluding hydrogens is 248 g/mol. The molecule has 102 valence electrons. The molecule has 6 nitrogen and oxygen atoms in total. The van der Waals surface area contributed by atoms with E-state index in [2.05, 4.69) is 5.32 Å². The van der Waals surface area contributed by atoms with Gasteiger partial charge in [0.15, 0.2) is 0 Å². The van der Waals surface area contributed by atoms with Crippen LogP contribution in [0.5, 0.6) is 0 Å². The summed E-state index contributed by atoms with van der Waals surface area (Å²) >= 11 is 0. The second-order valence-corrected chi connectivity index (χ2v) is 5.51. The number of carbonyl (C=O) groups excluding carboxylic acids is 3. The van der Waals surface area contributed by atoms with Crippen molar-refractivity contribution < 1.29 is 19.1 Å². The van der Waals surface area contributed by atoms with Gasteiger partial charge in [-0.3, -0.25) is 14.9 Å². The number of esters is 1. The summed E-state index contributed by atoms with van der Waals surface area (Å²) in [5.41, 5.74) is -2.36. The van der Waals surface area contributed by atoms with Gasteiger partial charge in [-0.15, -0.1) is 0 Å². The van der Waals surface area contributed by atoms with Crippen LogP contribution in [0.25, 0.3) is 0 Å². The Kier molecular flexibility index (Phi) is 2.96. The first-order valence-electron chi connectivity index (χ1n) is 5.97. The topological polar surface area (TPSA) is 77.4 Å². The molecule has 1 aromatic rings. The van der Waals surface area contributed by atoms with Gasteiger partial charge in [-0.05, 0) is 32.9 Å². The van der Waals surface area contributed by atoms with Gasteiger partial charge in [0.1, 0.15) is 5.60 Å². The molecule has 1 aliphatic rings. The van der Waals surface area contributed by atoms with Gasteiger partial charge in [0.25, 0.3) is 5.91 Å². The molecule has 6 heteroatoms. The highest BCUT2D eigenvalue weighted by molar-refractivity contribution is 6.18. The van der Waals surface area contributed by atoms with Crippen LogP contribution >= 0.6 is 0 Å². The Labute approximate surface area is 110 Å². The van der Waals surface area contributed by atoms with Gasteiger partial charge in [-0.2, -0.15) is 0 Å². The molecule has 1 saturated heterocycles. The third kappa shape index (κ3) is 2.25. The molecule has 1 fully saturated rings. The van der Waals surface area contributed by atoms with Gasteiger partial charge in [-0.1, -0.05) is 0 Å². The minimum Gasteiger partial charge on any atom is -0.458 e. The van der Waals surface area contributed by atoms with Crippen molar-refractivity contribution in [2.75, 3.05) is 0 Å². The molecule has 2 heterocycles. The van der Waals surface area contributed by atoms with Crippen LogP contribution < -0.4 is 5.32 Å². The zero-order valence-corrected chi connectivity index (χ0v) is 11.1. The number of nitrogens with zero attached hydrogens (tertiary/aromatic N) is 1. The summed E-state index contributed by atoms with van der Waals surface area (Å²) < 4.78 is 6.71. The lowest BCUT2D eigenvalue weighted by Crippen LogP contribution is -2.50. The number of aromatic nitrogens is 1. The predicted molar refractivity (Wildman–Crippen MR) is 66.0 cm³/mol. The molecule has 1 aliphatic heterocycles. The Morgan fingerprint density at radius 3 is 2.32 bits per heavy atom. The van der Waals surface area contributed by atoms with Gasteiger partial charge in [0.05, 0.1) is 6.42 Å². The minimum atomic E-state index is -1.63. The smallest absolute Gasteiger partial charge is 0.343 e. The lowest BCUT2D eigenvalue weighted by molar-refractivity contribution is -0.168. The van der Waals surface area contributed by atoms with E-state index in [0.717, 1.165) is 0 Å². The average Bonchev–Trinajstić information content (AvgIpc) is 2.83. The Morgan fingerprint density at radius 1 is 1.32 bits per heavy atom. The highest BCUT2D eigenvalue weighted by Gasteiger charge is 2.56. The monoisotopic (exact) mass is 264 g/mol. The van der Waals surface area contributed by atoms with E-state index in [4.69, 9.17) is 4.74 Å². The van der Waals surface area contributed by atoms with Gasteiger partial charge in [0.2, 0.25) is 11.4 Å². The van der Waals surface area contributed by atoms with E-state index in [9.17, 15) is 14.4 Å². The van der Waals surface area contributed by atoms with E-state index in [1.807, 2.05) is 0 Å². The molecule has 1 atom stereocenters. The van der Waals surface area contributed by atoms with E-state index in [-0.39, 0.29) is 6.42 Å². The van der Waals surface area contributed by atoms with Crippen LogP contribution in [0.2, 0.25) is 0 Å². The molecule has 0 unspecified atom stereocenters. The first-order valence-corrected chi connectivity index (χ1v) is 5.97. The van der Waals surface area contributed by atoms with Crippen LogP contribution in [0.3, 0.4) is 0 Å². The maximum absolute atomic E-state index is 12.4. The molecule has 19 heavy (non-hydrogen) atoms. The molecule has 2 amide bonds. The summed E-state index contributed by atoms with van der Waals surface area (Å²) in [6.45, 7) is 5.13. The van der Waals surface area contributed by atoms with Gasteiger partial charge in [0, 0.05) is 12.4 Å². The maximum atomic E-state index is 12.4. The SMILES string of the molecule is CC(C)(C)OC(=O)[C@@]1(n2cccc2)CC(=O)NC1=O. The second-order valence-electron chi connectivity index (χ2n) is 5.51. The van der Waals surface area contributed by atoms with Crippen molar-refractivity contribution in [1.82, 2.24) is 9.88 Å². The maximum Gasteiger partial charge on any atom is 0.343 e. The Bertz CT molecular complexity index is 527. The molecule has 0 radical (unpaired) electrons. The van der Waals surface area contributed by atoms with Crippen LogP contribution in [-0.4, -0.2) is 28.0 Å². The standard InChI is InChI=1S/C13H16N2O4/c1-12(2,3)19-11(18)13(15-6-4-5-7-15)8-9(16)14-10(13)17/h4-7H,8H2,1-3H3,(H,14,16,17)/t13-/m1/s1. The Hall–Kier alpha value is -2.11. The van der Waals surface area contributed by atoms with Crippen LogP contribution in [0.1, 0.15) is 27.2 Å². The molecule has 2 rings (SSSR count). The van der Waals surface area contributed by atoms with Crippen LogP contribution in [-0.2, 0) is 24.7 Å². The van der Waals surface area contributed by atoms with Gasteiger partial charge in [-0.25, -0.2) is 4.79 Å².